The predicted octanol–water partition coefficient (Wildman–Crippen LogP) is 3.31. The van der Waals surface area contributed by atoms with Crippen molar-refractivity contribution < 1.29 is 13.8 Å². The van der Waals surface area contributed by atoms with Gasteiger partial charge in [0.15, 0.2) is 0 Å². The number of nitrogens with zero attached hydrogens (tertiary/aromatic N) is 2. The number of aromatic amines is 1. The van der Waals surface area contributed by atoms with Crippen molar-refractivity contribution in [2.45, 2.75) is 44.8 Å². The second-order valence-corrected chi connectivity index (χ2v) is 8.89. The van der Waals surface area contributed by atoms with Gasteiger partial charge < -0.3 is 13.8 Å². The molecular formula is C21H30N3O5P. The van der Waals surface area contributed by atoms with E-state index in [0.29, 0.717) is 13.0 Å². The van der Waals surface area contributed by atoms with E-state index in [1.807, 2.05) is 37.3 Å². The molecule has 1 aliphatic heterocycles. The highest BCUT2D eigenvalue weighted by molar-refractivity contribution is 7.45. The van der Waals surface area contributed by atoms with E-state index in [1.54, 1.807) is 7.11 Å². The lowest BCUT2D eigenvalue weighted by Crippen LogP contribution is -2.33. The highest BCUT2D eigenvalue weighted by atomic mass is 31.2. The molecule has 1 saturated heterocycles. The Bertz CT molecular complexity index is 882. The van der Waals surface area contributed by atoms with E-state index in [-0.39, 0.29) is 12.1 Å². The van der Waals surface area contributed by atoms with E-state index in [1.165, 1.54) is 23.3 Å². The molecule has 1 aromatic heterocycles. The normalized spacial score (nSPS) is 17.9. The number of ether oxygens (including phenoxy) is 1. The number of piperidine rings is 1. The standard InChI is InChI=1S/C21H30N3O5P/c1-17(24-14-11-20(25)22-21(24)26)15-19(27-2)16-28-30(23-12-7-4-8-13-23)29-18-9-5-3-6-10-18/h3,5-6,9-11,14,17,19H,4,7-8,12-13,15-16H2,1-2H3,(H,22,25,26). The number of aromatic nitrogens is 2. The van der Waals surface area contributed by atoms with E-state index in [4.69, 9.17) is 13.8 Å². The van der Waals surface area contributed by atoms with Gasteiger partial charge in [-0.1, -0.05) is 24.6 Å². The van der Waals surface area contributed by atoms with Crippen LogP contribution < -0.4 is 15.8 Å². The van der Waals surface area contributed by atoms with Gasteiger partial charge in [0.1, 0.15) is 5.75 Å². The van der Waals surface area contributed by atoms with Crippen LogP contribution in [-0.2, 0) is 9.26 Å². The molecule has 0 saturated carbocycles. The molecular weight excluding hydrogens is 405 g/mol. The van der Waals surface area contributed by atoms with Gasteiger partial charge in [0.05, 0.1) is 12.7 Å². The summed E-state index contributed by atoms with van der Waals surface area (Å²) in [6.45, 7) is 4.19. The summed E-state index contributed by atoms with van der Waals surface area (Å²) in [5, 5.41) is 0. The van der Waals surface area contributed by atoms with E-state index in [0.717, 1.165) is 31.7 Å². The summed E-state index contributed by atoms with van der Waals surface area (Å²) in [5.41, 5.74) is -0.825. The first-order valence-corrected chi connectivity index (χ1v) is 11.4. The van der Waals surface area contributed by atoms with Crippen molar-refractivity contribution in [1.29, 1.82) is 0 Å². The number of para-hydroxylation sites is 1. The topological polar surface area (TPSA) is 85.8 Å². The zero-order valence-corrected chi connectivity index (χ0v) is 18.4. The lowest BCUT2D eigenvalue weighted by molar-refractivity contribution is 0.0397. The first-order valence-electron chi connectivity index (χ1n) is 10.3. The molecule has 3 unspecified atom stereocenters. The van der Waals surface area contributed by atoms with Crippen LogP contribution in [0.3, 0.4) is 0 Å². The highest BCUT2D eigenvalue weighted by Crippen LogP contribution is 2.45. The SMILES string of the molecule is COC(COP(Oc1ccccc1)N1CCCCC1)CC(C)n1ccc(=O)[nH]c1=O. The molecule has 3 atom stereocenters. The Balaban J connectivity index is 1.62. The second-order valence-electron chi connectivity index (χ2n) is 7.41. The van der Waals surface area contributed by atoms with Gasteiger partial charge in [0.2, 0.25) is 0 Å². The van der Waals surface area contributed by atoms with Crippen LogP contribution in [0.5, 0.6) is 5.75 Å². The average Bonchev–Trinajstić information content (AvgIpc) is 2.76. The summed E-state index contributed by atoms with van der Waals surface area (Å²) >= 11 is 0. The zero-order chi connectivity index (χ0) is 21.3. The molecule has 2 heterocycles. The van der Waals surface area contributed by atoms with Crippen LogP contribution in [0.2, 0.25) is 0 Å². The third-order valence-corrected chi connectivity index (χ3v) is 6.72. The molecule has 0 amide bonds. The fraction of sp³-hybridized carbons (Fsp3) is 0.524. The molecule has 1 aliphatic rings. The van der Waals surface area contributed by atoms with Gasteiger partial charge in [0.25, 0.3) is 5.56 Å². The van der Waals surface area contributed by atoms with Crippen molar-refractivity contribution in [2.75, 3.05) is 26.8 Å². The molecule has 0 spiro atoms. The second kappa shape index (κ2) is 11.4. The Hall–Kier alpha value is -1.99. The number of hydrogen-bond donors (Lipinski definition) is 1. The Morgan fingerprint density at radius 1 is 1.10 bits per heavy atom. The molecule has 1 aromatic carbocycles. The van der Waals surface area contributed by atoms with Gasteiger partial charge >= 0.3 is 14.2 Å². The zero-order valence-electron chi connectivity index (χ0n) is 17.5. The Morgan fingerprint density at radius 2 is 1.83 bits per heavy atom. The minimum atomic E-state index is -1.25. The first-order chi connectivity index (χ1) is 14.6. The molecule has 2 aromatic rings. The maximum Gasteiger partial charge on any atom is 0.328 e. The van der Waals surface area contributed by atoms with Gasteiger partial charge in [-0.2, -0.15) is 0 Å². The summed E-state index contributed by atoms with van der Waals surface area (Å²) in [6.07, 6.45) is 5.38. The lowest BCUT2D eigenvalue weighted by atomic mass is 10.1. The molecule has 30 heavy (non-hydrogen) atoms. The van der Waals surface area contributed by atoms with Crippen molar-refractivity contribution in [2.24, 2.45) is 0 Å². The van der Waals surface area contributed by atoms with Crippen molar-refractivity contribution in [1.82, 2.24) is 14.2 Å². The first kappa shape index (κ1) is 22.7. The fourth-order valence-corrected chi connectivity index (χ4v) is 4.96. The summed E-state index contributed by atoms with van der Waals surface area (Å²) < 4.78 is 21.8. The van der Waals surface area contributed by atoms with Crippen molar-refractivity contribution in [3.63, 3.8) is 0 Å². The summed E-state index contributed by atoms with van der Waals surface area (Å²) in [6, 6.07) is 10.9. The Morgan fingerprint density at radius 3 is 2.50 bits per heavy atom. The summed E-state index contributed by atoms with van der Waals surface area (Å²) in [5.74, 6) is 0.788. The highest BCUT2D eigenvalue weighted by Gasteiger charge is 2.27. The smallest absolute Gasteiger partial charge is 0.328 e. The van der Waals surface area contributed by atoms with Crippen LogP contribution in [0.1, 0.15) is 38.6 Å². The number of methoxy groups -OCH3 is 1. The number of benzene rings is 1. The number of H-pyrrole nitrogens is 1. The van der Waals surface area contributed by atoms with Crippen LogP contribution in [0, 0.1) is 0 Å². The minimum Gasteiger partial charge on any atom is -0.436 e. The number of rotatable bonds is 10. The minimum absolute atomic E-state index is 0.154. The van der Waals surface area contributed by atoms with Gasteiger partial charge in [-0.25, -0.2) is 9.46 Å². The monoisotopic (exact) mass is 435 g/mol. The quantitative estimate of drug-likeness (QED) is 0.577. The molecule has 1 fully saturated rings. The lowest BCUT2D eigenvalue weighted by Gasteiger charge is -2.33. The van der Waals surface area contributed by atoms with Gasteiger partial charge in [-0.05, 0) is 38.3 Å². The number of nitrogens with one attached hydrogen (secondary N) is 1. The van der Waals surface area contributed by atoms with Crippen LogP contribution in [-0.4, -0.2) is 47.1 Å². The van der Waals surface area contributed by atoms with E-state index in [9.17, 15) is 9.59 Å². The molecule has 9 heteroatoms. The molecule has 0 aliphatic carbocycles. The summed E-state index contributed by atoms with van der Waals surface area (Å²) in [4.78, 5) is 25.6. The third-order valence-electron chi connectivity index (χ3n) is 5.12. The van der Waals surface area contributed by atoms with E-state index >= 15 is 0 Å². The van der Waals surface area contributed by atoms with Crippen molar-refractivity contribution in [3.05, 3.63) is 63.4 Å². The van der Waals surface area contributed by atoms with Gasteiger partial charge in [-0.15, -0.1) is 0 Å². The van der Waals surface area contributed by atoms with Gasteiger partial charge in [0, 0.05) is 38.5 Å². The molecule has 164 valence electrons. The largest absolute Gasteiger partial charge is 0.436 e. The van der Waals surface area contributed by atoms with E-state index < -0.39 is 19.8 Å². The van der Waals surface area contributed by atoms with Crippen LogP contribution in [0.25, 0.3) is 0 Å². The molecule has 1 N–H and O–H groups in total. The number of hydrogen-bond acceptors (Lipinski definition) is 6. The van der Waals surface area contributed by atoms with Crippen LogP contribution in [0.15, 0.2) is 52.2 Å². The van der Waals surface area contributed by atoms with Crippen molar-refractivity contribution in [3.8, 4) is 5.75 Å². The maximum absolute atomic E-state index is 12.0. The van der Waals surface area contributed by atoms with Crippen molar-refractivity contribution >= 4 is 8.53 Å². The molecule has 0 bridgehead atoms. The van der Waals surface area contributed by atoms with Gasteiger partial charge in [-0.3, -0.25) is 14.3 Å². The molecule has 0 radical (unpaired) electrons. The molecule has 3 rings (SSSR count). The predicted molar refractivity (Wildman–Crippen MR) is 117 cm³/mol. The Kier molecular flexibility index (Phi) is 8.63. The maximum atomic E-state index is 12.0. The van der Waals surface area contributed by atoms with E-state index in [2.05, 4.69) is 9.65 Å². The van der Waals surface area contributed by atoms with Crippen LogP contribution in [0.4, 0.5) is 0 Å². The third kappa shape index (κ3) is 6.51. The Labute approximate surface area is 177 Å². The fourth-order valence-electron chi connectivity index (χ4n) is 3.43. The molecule has 8 nitrogen and oxygen atoms in total. The summed E-state index contributed by atoms with van der Waals surface area (Å²) in [7, 11) is 0.391. The average molecular weight is 435 g/mol. The van der Waals surface area contributed by atoms with Crippen LogP contribution >= 0.6 is 8.53 Å².